The van der Waals surface area contributed by atoms with E-state index in [2.05, 4.69) is 57.5 Å². The molecular formula is C20H14ClIN2OS. The molecule has 2 N–H and O–H groups in total. The first-order valence-corrected chi connectivity index (χ1v) is 10.0. The monoisotopic (exact) mass is 492 g/mol. The lowest BCUT2D eigenvalue weighted by molar-refractivity contribution is 0.0978. The molecule has 6 heteroatoms. The van der Waals surface area contributed by atoms with Crippen LogP contribution in [0.3, 0.4) is 0 Å². The Morgan fingerprint density at radius 3 is 2.65 bits per heavy atom. The number of halogens is 2. The molecule has 0 bridgehead atoms. The molecule has 130 valence electrons. The van der Waals surface area contributed by atoms with E-state index in [0.29, 0.717) is 10.6 Å². The van der Waals surface area contributed by atoms with Crippen LogP contribution in [0.2, 0.25) is 5.02 Å². The number of thiocarbonyl (C=S) groups is 1. The van der Waals surface area contributed by atoms with E-state index in [1.807, 2.05) is 12.1 Å². The Labute approximate surface area is 175 Å². The zero-order valence-electron chi connectivity index (χ0n) is 13.6. The molecule has 0 aromatic heterocycles. The van der Waals surface area contributed by atoms with Gasteiger partial charge in [-0.05, 0) is 88.4 Å². The largest absolute Gasteiger partial charge is 0.332 e. The Balaban J connectivity index is 1.57. The quantitative estimate of drug-likeness (QED) is 0.376. The van der Waals surface area contributed by atoms with Gasteiger partial charge >= 0.3 is 0 Å². The first-order valence-electron chi connectivity index (χ1n) is 8.14. The summed E-state index contributed by atoms with van der Waals surface area (Å²) >= 11 is 13.6. The van der Waals surface area contributed by atoms with Gasteiger partial charge in [-0.1, -0.05) is 35.9 Å². The van der Waals surface area contributed by atoms with Gasteiger partial charge in [0.1, 0.15) is 0 Å². The smallest absolute Gasteiger partial charge is 0.258 e. The second-order valence-electron chi connectivity index (χ2n) is 6.14. The molecule has 0 fully saturated rings. The van der Waals surface area contributed by atoms with Crippen LogP contribution >= 0.6 is 46.4 Å². The molecule has 0 saturated heterocycles. The van der Waals surface area contributed by atoms with Crippen molar-refractivity contribution in [2.45, 2.75) is 12.8 Å². The number of hydrogen-bond donors (Lipinski definition) is 2. The molecule has 3 aromatic carbocycles. The van der Waals surface area contributed by atoms with Crippen molar-refractivity contribution in [2.24, 2.45) is 0 Å². The molecule has 0 atom stereocenters. The van der Waals surface area contributed by atoms with Crippen LogP contribution in [0.1, 0.15) is 21.5 Å². The van der Waals surface area contributed by atoms with E-state index in [1.54, 1.807) is 12.1 Å². The van der Waals surface area contributed by atoms with Crippen LogP contribution in [-0.4, -0.2) is 11.0 Å². The zero-order chi connectivity index (χ0) is 18.3. The number of carbonyl (C=O) groups excluding carboxylic acids is 1. The lowest BCUT2D eigenvalue weighted by Gasteiger charge is -2.13. The first-order chi connectivity index (χ1) is 12.5. The lowest BCUT2D eigenvalue weighted by Crippen LogP contribution is -2.34. The predicted molar refractivity (Wildman–Crippen MR) is 119 cm³/mol. The van der Waals surface area contributed by atoms with Gasteiger partial charge in [0.2, 0.25) is 0 Å². The molecule has 26 heavy (non-hydrogen) atoms. The van der Waals surface area contributed by atoms with Crippen LogP contribution < -0.4 is 10.6 Å². The average Bonchev–Trinajstić information content (AvgIpc) is 3.04. The summed E-state index contributed by atoms with van der Waals surface area (Å²) in [6, 6.07) is 15.7. The van der Waals surface area contributed by atoms with Gasteiger partial charge in [-0.3, -0.25) is 10.1 Å². The molecule has 1 amide bonds. The number of anilines is 1. The summed E-state index contributed by atoms with van der Waals surface area (Å²) in [5.41, 5.74) is 4.03. The summed E-state index contributed by atoms with van der Waals surface area (Å²) in [5.74, 6) is -0.322. The van der Waals surface area contributed by atoms with Crippen LogP contribution in [0.15, 0.2) is 48.5 Å². The summed E-state index contributed by atoms with van der Waals surface area (Å²) in [5, 5.41) is 8.95. The van der Waals surface area contributed by atoms with Crippen molar-refractivity contribution in [3.63, 3.8) is 0 Å². The molecule has 0 aliphatic heterocycles. The van der Waals surface area contributed by atoms with Crippen molar-refractivity contribution in [3.8, 4) is 0 Å². The molecule has 4 rings (SSSR count). The number of carbonyl (C=O) groups is 1. The number of aryl methyl sites for hydroxylation is 2. The highest BCUT2D eigenvalue weighted by molar-refractivity contribution is 14.1. The molecule has 0 heterocycles. The zero-order valence-corrected chi connectivity index (χ0v) is 17.3. The molecular weight excluding hydrogens is 479 g/mol. The van der Waals surface area contributed by atoms with E-state index in [1.165, 1.54) is 16.5 Å². The summed E-state index contributed by atoms with van der Waals surface area (Å²) < 4.78 is 0.934. The molecule has 0 radical (unpaired) electrons. The summed E-state index contributed by atoms with van der Waals surface area (Å²) in [4.78, 5) is 12.5. The van der Waals surface area contributed by atoms with Crippen LogP contribution in [0.5, 0.6) is 0 Å². The summed E-state index contributed by atoms with van der Waals surface area (Å²) in [7, 11) is 0. The van der Waals surface area contributed by atoms with Crippen molar-refractivity contribution < 1.29 is 4.79 Å². The van der Waals surface area contributed by atoms with E-state index in [4.69, 9.17) is 23.8 Å². The van der Waals surface area contributed by atoms with E-state index in [9.17, 15) is 4.79 Å². The Morgan fingerprint density at radius 2 is 1.85 bits per heavy atom. The normalized spacial score (nSPS) is 12.2. The second-order valence-corrected chi connectivity index (χ2v) is 8.21. The number of nitrogens with one attached hydrogen (secondary N) is 2. The SMILES string of the molecule is O=C(NC(=S)Nc1ccc2c3c(cccc13)CC2)c1cc(I)ccc1Cl. The van der Waals surface area contributed by atoms with E-state index < -0.39 is 0 Å². The van der Waals surface area contributed by atoms with Gasteiger partial charge in [-0.15, -0.1) is 0 Å². The fraction of sp³-hybridized carbons (Fsp3) is 0.100. The molecule has 0 saturated carbocycles. The van der Waals surface area contributed by atoms with Gasteiger partial charge < -0.3 is 5.32 Å². The Kier molecular flexibility index (Phi) is 4.86. The minimum absolute atomic E-state index is 0.253. The standard InChI is InChI=1S/C20H14ClIN2OS/c21-16-8-7-13(22)10-15(16)19(25)24-20(26)23-17-9-6-12-5-4-11-2-1-3-14(17)18(11)12/h1-3,6-10H,4-5H2,(H2,23,24,25,26). The van der Waals surface area contributed by atoms with Gasteiger partial charge in [-0.2, -0.15) is 0 Å². The van der Waals surface area contributed by atoms with Gasteiger partial charge in [0.05, 0.1) is 10.6 Å². The minimum atomic E-state index is -0.322. The van der Waals surface area contributed by atoms with Crippen LogP contribution in [0.25, 0.3) is 10.8 Å². The Morgan fingerprint density at radius 1 is 1.08 bits per heavy atom. The highest BCUT2D eigenvalue weighted by Crippen LogP contribution is 2.34. The van der Waals surface area contributed by atoms with Crippen LogP contribution in [-0.2, 0) is 12.8 Å². The minimum Gasteiger partial charge on any atom is -0.332 e. The maximum absolute atomic E-state index is 12.5. The number of benzene rings is 3. The first kappa shape index (κ1) is 17.7. The van der Waals surface area contributed by atoms with Gasteiger partial charge in [0, 0.05) is 14.6 Å². The maximum atomic E-state index is 12.5. The van der Waals surface area contributed by atoms with E-state index in [-0.39, 0.29) is 11.0 Å². The third kappa shape index (κ3) is 3.31. The third-order valence-electron chi connectivity index (χ3n) is 4.53. The second kappa shape index (κ2) is 7.13. The van der Waals surface area contributed by atoms with Crippen molar-refractivity contribution >= 4 is 73.9 Å². The molecule has 3 aromatic rings. The number of rotatable bonds is 2. The summed E-state index contributed by atoms with van der Waals surface area (Å²) in [6.07, 6.45) is 2.14. The summed E-state index contributed by atoms with van der Waals surface area (Å²) in [6.45, 7) is 0. The highest BCUT2D eigenvalue weighted by atomic mass is 127. The molecule has 0 unspecified atom stereocenters. The van der Waals surface area contributed by atoms with E-state index >= 15 is 0 Å². The molecule has 1 aliphatic carbocycles. The Bertz CT molecular complexity index is 1060. The van der Waals surface area contributed by atoms with Gasteiger partial charge in [-0.25, -0.2) is 0 Å². The fourth-order valence-electron chi connectivity index (χ4n) is 3.35. The topological polar surface area (TPSA) is 41.1 Å². The van der Waals surface area contributed by atoms with Gasteiger partial charge in [0.25, 0.3) is 5.91 Å². The van der Waals surface area contributed by atoms with Crippen molar-refractivity contribution in [3.05, 3.63) is 73.8 Å². The van der Waals surface area contributed by atoms with Crippen molar-refractivity contribution in [2.75, 3.05) is 5.32 Å². The number of hydrogen-bond acceptors (Lipinski definition) is 2. The van der Waals surface area contributed by atoms with E-state index in [0.717, 1.165) is 27.5 Å². The van der Waals surface area contributed by atoms with Crippen LogP contribution in [0, 0.1) is 3.57 Å². The maximum Gasteiger partial charge on any atom is 0.258 e. The van der Waals surface area contributed by atoms with Gasteiger partial charge in [0.15, 0.2) is 5.11 Å². The van der Waals surface area contributed by atoms with Crippen molar-refractivity contribution in [1.29, 1.82) is 0 Å². The molecule has 0 spiro atoms. The fourth-order valence-corrected chi connectivity index (χ4v) is 4.25. The molecule has 3 nitrogen and oxygen atoms in total. The van der Waals surface area contributed by atoms with Crippen LogP contribution in [0.4, 0.5) is 5.69 Å². The third-order valence-corrected chi connectivity index (χ3v) is 5.73. The molecule has 1 aliphatic rings. The van der Waals surface area contributed by atoms with Crippen molar-refractivity contribution in [1.82, 2.24) is 5.32 Å². The average molecular weight is 493 g/mol. The highest BCUT2D eigenvalue weighted by Gasteiger charge is 2.17. The number of amides is 1. The predicted octanol–water partition coefficient (Wildman–Crippen LogP) is 5.32. The lowest BCUT2D eigenvalue weighted by atomic mass is 10.0. The Hall–Kier alpha value is -1.70.